The fourth-order valence-electron chi connectivity index (χ4n) is 2.33. The summed E-state index contributed by atoms with van der Waals surface area (Å²) in [7, 11) is 0. The second-order valence-corrected chi connectivity index (χ2v) is 5.67. The number of rotatable bonds is 5. The lowest BCUT2D eigenvalue weighted by Gasteiger charge is -2.08. The Labute approximate surface area is 154 Å². The molecule has 0 saturated carbocycles. The van der Waals surface area contributed by atoms with Crippen LogP contribution in [-0.4, -0.2) is 16.8 Å². The first-order valence-electron chi connectivity index (χ1n) is 8.07. The van der Waals surface area contributed by atoms with Crippen LogP contribution >= 0.6 is 0 Å². The molecule has 0 bridgehead atoms. The zero-order valence-electron chi connectivity index (χ0n) is 14.1. The number of pyridine rings is 1. The normalized spacial score (nSPS) is 10.3. The summed E-state index contributed by atoms with van der Waals surface area (Å²) in [6, 6.07) is 14.3. The number of hydrogen-bond donors (Lipinski definition) is 2. The zero-order valence-corrected chi connectivity index (χ0v) is 14.1. The molecule has 5 nitrogen and oxygen atoms in total. The molecule has 2 N–H and O–H groups in total. The highest BCUT2D eigenvalue weighted by molar-refractivity contribution is 6.04. The van der Waals surface area contributed by atoms with Crippen molar-refractivity contribution in [3.8, 4) is 0 Å². The number of nitrogens with one attached hydrogen (secondary N) is 2. The maximum atomic E-state index is 13.6. The molecule has 0 unspecified atom stereocenters. The number of carbonyl (C=O) groups excluding carboxylic acids is 2. The number of amides is 2. The van der Waals surface area contributed by atoms with Gasteiger partial charge >= 0.3 is 0 Å². The van der Waals surface area contributed by atoms with Crippen LogP contribution < -0.4 is 10.6 Å². The Balaban J connectivity index is 1.67. The molecule has 0 aliphatic carbocycles. The molecule has 0 atom stereocenters. The van der Waals surface area contributed by atoms with E-state index in [9.17, 15) is 18.4 Å². The summed E-state index contributed by atoms with van der Waals surface area (Å²) >= 11 is 0. The summed E-state index contributed by atoms with van der Waals surface area (Å²) in [4.78, 5) is 28.4. The molecule has 7 heteroatoms. The van der Waals surface area contributed by atoms with Crippen LogP contribution in [0.3, 0.4) is 0 Å². The number of anilines is 1. The molecule has 0 aliphatic heterocycles. The molecule has 3 aromatic rings. The smallest absolute Gasteiger partial charge is 0.274 e. The van der Waals surface area contributed by atoms with Gasteiger partial charge in [-0.1, -0.05) is 24.3 Å². The third-order valence-corrected chi connectivity index (χ3v) is 3.74. The standard InChI is InChI=1S/C20H15F2N3O2/c21-15-7-5-13(6-8-15)12-24-19(26)14-9-10-23-18(11-14)20(27)25-17-4-2-1-3-16(17)22/h1-11H,12H2,(H,24,26)(H,25,27). The third kappa shape index (κ3) is 4.72. The minimum Gasteiger partial charge on any atom is -0.348 e. The average molecular weight is 367 g/mol. The first-order chi connectivity index (χ1) is 13.0. The van der Waals surface area contributed by atoms with Gasteiger partial charge in [0, 0.05) is 18.3 Å². The van der Waals surface area contributed by atoms with Crippen molar-refractivity contribution in [2.24, 2.45) is 0 Å². The van der Waals surface area contributed by atoms with Crippen molar-refractivity contribution in [1.29, 1.82) is 0 Å². The summed E-state index contributed by atoms with van der Waals surface area (Å²) in [6.45, 7) is 0.207. The summed E-state index contributed by atoms with van der Waals surface area (Å²) in [6.07, 6.45) is 1.32. The summed E-state index contributed by atoms with van der Waals surface area (Å²) in [5.74, 6) is -1.97. The van der Waals surface area contributed by atoms with E-state index in [1.807, 2.05) is 0 Å². The average Bonchev–Trinajstić information content (AvgIpc) is 2.69. The van der Waals surface area contributed by atoms with Gasteiger partial charge in [0.25, 0.3) is 11.8 Å². The van der Waals surface area contributed by atoms with Crippen molar-refractivity contribution in [2.45, 2.75) is 6.54 Å². The Morgan fingerprint density at radius 1 is 0.926 bits per heavy atom. The molecule has 1 aromatic heterocycles. The van der Waals surface area contributed by atoms with Crippen molar-refractivity contribution >= 4 is 17.5 Å². The van der Waals surface area contributed by atoms with Crippen molar-refractivity contribution in [3.05, 3.63) is 95.3 Å². The molecule has 27 heavy (non-hydrogen) atoms. The number of aromatic nitrogens is 1. The van der Waals surface area contributed by atoms with Gasteiger partial charge in [-0.3, -0.25) is 14.6 Å². The number of halogens is 2. The topological polar surface area (TPSA) is 71.1 Å². The van der Waals surface area contributed by atoms with Crippen LogP contribution in [0.5, 0.6) is 0 Å². The van der Waals surface area contributed by atoms with E-state index in [0.29, 0.717) is 0 Å². The van der Waals surface area contributed by atoms with E-state index >= 15 is 0 Å². The van der Waals surface area contributed by atoms with E-state index < -0.39 is 17.6 Å². The Hall–Kier alpha value is -3.61. The first-order valence-corrected chi connectivity index (χ1v) is 8.07. The van der Waals surface area contributed by atoms with Crippen molar-refractivity contribution in [2.75, 3.05) is 5.32 Å². The number of hydrogen-bond acceptors (Lipinski definition) is 3. The van der Waals surface area contributed by atoms with Gasteiger partial charge in [0.05, 0.1) is 5.69 Å². The monoisotopic (exact) mass is 367 g/mol. The van der Waals surface area contributed by atoms with E-state index in [0.717, 1.165) is 5.56 Å². The lowest BCUT2D eigenvalue weighted by molar-refractivity contribution is 0.0951. The van der Waals surface area contributed by atoms with Gasteiger partial charge in [-0.05, 0) is 42.0 Å². The molecule has 3 rings (SSSR count). The number of carbonyl (C=O) groups is 2. The van der Waals surface area contributed by atoms with Gasteiger partial charge in [0.2, 0.25) is 0 Å². The fourth-order valence-corrected chi connectivity index (χ4v) is 2.33. The summed E-state index contributed by atoms with van der Waals surface area (Å²) in [5, 5.41) is 5.09. The minimum atomic E-state index is -0.631. The minimum absolute atomic E-state index is 0.0207. The third-order valence-electron chi connectivity index (χ3n) is 3.74. The molecular weight excluding hydrogens is 352 g/mol. The van der Waals surface area contributed by atoms with Crippen LogP contribution in [0.2, 0.25) is 0 Å². The molecule has 2 aromatic carbocycles. The first kappa shape index (κ1) is 18.2. The molecule has 0 radical (unpaired) electrons. The van der Waals surface area contributed by atoms with Crippen molar-refractivity contribution in [1.82, 2.24) is 10.3 Å². The molecule has 136 valence electrons. The Kier molecular flexibility index (Phi) is 5.51. The number of para-hydroxylation sites is 1. The van der Waals surface area contributed by atoms with Crippen LogP contribution in [0.1, 0.15) is 26.4 Å². The predicted molar refractivity (Wildman–Crippen MR) is 96.2 cm³/mol. The zero-order chi connectivity index (χ0) is 19.2. The van der Waals surface area contributed by atoms with Crippen LogP contribution in [-0.2, 0) is 6.54 Å². The van der Waals surface area contributed by atoms with E-state index in [2.05, 4.69) is 15.6 Å². The maximum absolute atomic E-state index is 13.6. The van der Waals surface area contributed by atoms with Crippen LogP contribution in [0, 0.1) is 11.6 Å². The molecule has 0 spiro atoms. The van der Waals surface area contributed by atoms with Crippen LogP contribution in [0.4, 0.5) is 14.5 Å². The molecule has 0 saturated heterocycles. The number of nitrogens with zero attached hydrogens (tertiary/aromatic N) is 1. The molecule has 2 amide bonds. The Morgan fingerprint density at radius 2 is 1.67 bits per heavy atom. The predicted octanol–water partition coefficient (Wildman–Crippen LogP) is 3.54. The highest BCUT2D eigenvalue weighted by Crippen LogP contribution is 2.14. The summed E-state index contributed by atoms with van der Waals surface area (Å²) in [5.41, 5.74) is 0.963. The highest BCUT2D eigenvalue weighted by atomic mass is 19.1. The fraction of sp³-hybridized carbons (Fsp3) is 0.0500. The largest absolute Gasteiger partial charge is 0.348 e. The second kappa shape index (κ2) is 8.18. The molecule has 1 heterocycles. The quantitative estimate of drug-likeness (QED) is 0.725. The van der Waals surface area contributed by atoms with Crippen LogP contribution in [0.25, 0.3) is 0 Å². The van der Waals surface area contributed by atoms with Gasteiger partial charge in [0.1, 0.15) is 17.3 Å². The lowest BCUT2D eigenvalue weighted by atomic mass is 10.2. The maximum Gasteiger partial charge on any atom is 0.274 e. The van der Waals surface area contributed by atoms with Gasteiger partial charge in [-0.2, -0.15) is 0 Å². The molecular formula is C20H15F2N3O2. The molecule has 0 fully saturated rings. The highest BCUT2D eigenvalue weighted by Gasteiger charge is 2.13. The number of benzene rings is 2. The second-order valence-electron chi connectivity index (χ2n) is 5.67. The van der Waals surface area contributed by atoms with Gasteiger partial charge in [-0.15, -0.1) is 0 Å². The van der Waals surface area contributed by atoms with Crippen molar-refractivity contribution < 1.29 is 18.4 Å². The van der Waals surface area contributed by atoms with Crippen LogP contribution in [0.15, 0.2) is 66.9 Å². The van der Waals surface area contributed by atoms with E-state index in [1.54, 1.807) is 18.2 Å². The molecule has 0 aliphatic rings. The van der Waals surface area contributed by atoms with Gasteiger partial charge in [0.15, 0.2) is 0 Å². The van der Waals surface area contributed by atoms with Crippen molar-refractivity contribution in [3.63, 3.8) is 0 Å². The van der Waals surface area contributed by atoms with E-state index in [-0.39, 0.29) is 29.3 Å². The summed E-state index contributed by atoms with van der Waals surface area (Å²) < 4.78 is 26.5. The lowest BCUT2D eigenvalue weighted by Crippen LogP contribution is -2.23. The SMILES string of the molecule is O=C(NCc1ccc(F)cc1)c1ccnc(C(=O)Nc2ccccc2F)c1. The van der Waals surface area contributed by atoms with Gasteiger partial charge < -0.3 is 10.6 Å². The Bertz CT molecular complexity index is 975. The van der Waals surface area contributed by atoms with Gasteiger partial charge in [-0.25, -0.2) is 8.78 Å². The van der Waals surface area contributed by atoms with E-state index in [4.69, 9.17) is 0 Å². The Morgan fingerprint density at radius 3 is 2.41 bits per heavy atom. The van der Waals surface area contributed by atoms with E-state index in [1.165, 1.54) is 48.7 Å².